The molecule has 0 unspecified atom stereocenters. The number of nitrogens with one attached hydrogen (secondary N) is 2. The Morgan fingerprint density at radius 2 is 1.88 bits per heavy atom. The van der Waals surface area contributed by atoms with E-state index < -0.39 is 0 Å². The summed E-state index contributed by atoms with van der Waals surface area (Å²) in [6.07, 6.45) is 4.48. The van der Waals surface area contributed by atoms with E-state index in [0.717, 1.165) is 42.4 Å². The molecule has 4 heterocycles. The third kappa shape index (κ3) is 3.09. The minimum Gasteiger partial charge on any atom is -0.364 e. The van der Waals surface area contributed by atoms with Crippen molar-refractivity contribution in [3.63, 3.8) is 0 Å². The van der Waals surface area contributed by atoms with Gasteiger partial charge in [-0.3, -0.25) is 9.97 Å². The van der Waals surface area contributed by atoms with Gasteiger partial charge >= 0.3 is 0 Å². The maximum absolute atomic E-state index is 4.73. The van der Waals surface area contributed by atoms with E-state index in [-0.39, 0.29) is 0 Å². The van der Waals surface area contributed by atoms with Gasteiger partial charge in [0.05, 0.1) is 17.9 Å². The molecule has 6 nitrogen and oxygen atoms in total. The second kappa shape index (κ2) is 6.72. The monoisotopic (exact) mass is 318 g/mol. The molecular formula is C18H18N6. The van der Waals surface area contributed by atoms with E-state index >= 15 is 0 Å². The highest BCUT2D eigenvalue weighted by Crippen LogP contribution is 2.24. The predicted molar refractivity (Wildman–Crippen MR) is 92.2 cm³/mol. The SMILES string of the molecule is c1ccc(CNc2nc(-c3ccccn3)nc3c2CCNC3)nc1. The van der Waals surface area contributed by atoms with Crippen LogP contribution in [0.2, 0.25) is 0 Å². The molecule has 0 saturated carbocycles. The van der Waals surface area contributed by atoms with Crippen LogP contribution in [-0.4, -0.2) is 26.5 Å². The van der Waals surface area contributed by atoms with Crippen LogP contribution in [0.4, 0.5) is 5.82 Å². The van der Waals surface area contributed by atoms with Gasteiger partial charge in [-0.15, -0.1) is 0 Å². The van der Waals surface area contributed by atoms with Gasteiger partial charge in [0.1, 0.15) is 11.5 Å². The van der Waals surface area contributed by atoms with E-state index in [0.29, 0.717) is 12.4 Å². The Kier molecular flexibility index (Phi) is 4.12. The van der Waals surface area contributed by atoms with E-state index in [1.165, 1.54) is 5.56 Å². The molecule has 0 bridgehead atoms. The highest BCUT2D eigenvalue weighted by Gasteiger charge is 2.18. The molecule has 1 aliphatic heterocycles. The highest BCUT2D eigenvalue weighted by atomic mass is 15.1. The zero-order chi connectivity index (χ0) is 16.2. The first-order chi connectivity index (χ1) is 11.9. The molecule has 24 heavy (non-hydrogen) atoms. The zero-order valence-corrected chi connectivity index (χ0v) is 13.2. The third-order valence-corrected chi connectivity index (χ3v) is 3.99. The van der Waals surface area contributed by atoms with Crippen molar-refractivity contribution in [2.45, 2.75) is 19.5 Å². The van der Waals surface area contributed by atoms with Gasteiger partial charge in [-0.05, 0) is 37.2 Å². The minimum absolute atomic E-state index is 0.638. The largest absolute Gasteiger partial charge is 0.364 e. The maximum atomic E-state index is 4.73. The summed E-state index contributed by atoms with van der Waals surface area (Å²) < 4.78 is 0. The number of pyridine rings is 2. The summed E-state index contributed by atoms with van der Waals surface area (Å²) in [5, 5.41) is 6.80. The normalized spacial score (nSPS) is 13.3. The number of anilines is 1. The number of rotatable bonds is 4. The molecule has 4 rings (SSSR count). The summed E-state index contributed by atoms with van der Waals surface area (Å²) >= 11 is 0. The van der Waals surface area contributed by atoms with Crippen molar-refractivity contribution in [1.82, 2.24) is 25.3 Å². The summed E-state index contributed by atoms with van der Waals surface area (Å²) in [4.78, 5) is 18.2. The van der Waals surface area contributed by atoms with Gasteiger partial charge in [0.15, 0.2) is 5.82 Å². The van der Waals surface area contributed by atoms with E-state index in [9.17, 15) is 0 Å². The standard InChI is InChI=1S/C18H18N6/c1-3-8-20-13(5-1)11-22-17-14-7-10-19-12-16(14)23-18(24-17)15-6-2-4-9-21-15/h1-6,8-9,19H,7,10-12H2,(H,22,23,24). The molecule has 3 aromatic heterocycles. The number of fused-ring (bicyclic) bond motifs is 1. The molecular weight excluding hydrogens is 300 g/mol. The summed E-state index contributed by atoms with van der Waals surface area (Å²) in [7, 11) is 0. The molecule has 120 valence electrons. The van der Waals surface area contributed by atoms with Gasteiger partial charge < -0.3 is 10.6 Å². The molecule has 2 N–H and O–H groups in total. The van der Waals surface area contributed by atoms with Crippen LogP contribution in [0.15, 0.2) is 48.8 Å². The summed E-state index contributed by atoms with van der Waals surface area (Å²) in [6.45, 7) is 2.34. The molecule has 1 aliphatic rings. The molecule has 0 amide bonds. The molecule has 0 aliphatic carbocycles. The molecule has 0 saturated heterocycles. The van der Waals surface area contributed by atoms with Crippen molar-refractivity contribution >= 4 is 5.82 Å². The van der Waals surface area contributed by atoms with Crippen molar-refractivity contribution < 1.29 is 0 Å². The lowest BCUT2D eigenvalue weighted by atomic mass is 10.1. The topological polar surface area (TPSA) is 75.6 Å². The summed E-state index contributed by atoms with van der Waals surface area (Å²) in [5.74, 6) is 1.54. The Bertz CT molecular complexity index is 820. The van der Waals surface area contributed by atoms with E-state index in [1.54, 1.807) is 12.4 Å². The molecule has 0 aromatic carbocycles. The number of aromatic nitrogens is 4. The van der Waals surface area contributed by atoms with Crippen LogP contribution in [0.25, 0.3) is 11.5 Å². The van der Waals surface area contributed by atoms with E-state index in [4.69, 9.17) is 9.97 Å². The first-order valence-corrected chi connectivity index (χ1v) is 8.06. The van der Waals surface area contributed by atoms with Gasteiger partial charge in [0.25, 0.3) is 0 Å². The van der Waals surface area contributed by atoms with Crippen molar-refractivity contribution in [3.8, 4) is 11.5 Å². The molecule has 0 radical (unpaired) electrons. The number of hydrogen-bond acceptors (Lipinski definition) is 6. The predicted octanol–water partition coefficient (Wildman–Crippen LogP) is 2.19. The second-order valence-electron chi connectivity index (χ2n) is 5.64. The first-order valence-electron chi connectivity index (χ1n) is 8.06. The van der Waals surface area contributed by atoms with Crippen LogP contribution in [0.3, 0.4) is 0 Å². The fourth-order valence-electron chi connectivity index (χ4n) is 2.79. The molecule has 6 heteroatoms. The van der Waals surface area contributed by atoms with Gasteiger partial charge in [-0.1, -0.05) is 12.1 Å². The smallest absolute Gasteiger partial charge is 0.180 e. The highest BCUT2D eigenvalue weighted by molar-refractivity contribution is 5.57. The molecule has 0 atom stereocenters. The van der Waals surface area contributed by atoms with Gasteiger partial charge in [0, 0.05) is 24.5 Å². The Morgan fingerprint density at radius 1 is 1.00 bits per heavy atom. The lowest BCUT2D eigenvalue weighted by molar-refractivity contribution is 0.624. The van der Waals surface area contributed by atoms with Crippen LogP contribution in [0, 0.1) is 0 Å². The lowest BCUT2D eigenvalue weighted by Crippen LogP contribution is -2.26. The average molecular weight is 318 g/mol. The van der Waals surface area contributed by atoms with Crippen molar-refractivity contribution in [3.05, 3.63) is 65.7 Å². The Balaban J connectivity index is 1.68. The van der Waals surface area contributed by atoms with Crippen LogP contribution >= 0.6 is 0 Å². The van der Waals surface area contributed by atoms with E-state index in [1.807, 2.05) is 36.4 Å². The zero-order valence-electron chi connectivity index (χ0n) is 13.2. The Hall–Kier alpha value is -2.86. The molecule has 3 aromatic rings. The molecule has 0 fully saturated rings. The molecule has 0 spiro atoms. The quantitative estimate of drug-likeness (QED) is 0.768. The van der Waals surface area contributed by atoms with Gasteiger partial charge in [0.2, 0.25) is 0 Å². The van der Waals surface area contributed by atoms with E-state index in [2.05, 4.69) is 20.6 Å². The van der Waals surface area contributed by atoms with Crippen molar-refractivity contribution in [2.75, 3.05) is 11.9 Å². The summed E-state index contributed by atoms with van der Waals surface area (Å²) in [5.41, 5.74) is 4.00. The fraction of sp³-hybridized carbons (Fsp3) is 0.222. The lowest BCUT2D eigenvalue weighted by Gasteiger charge is -2.20. The van der Waals surface area contributed by atoms with Crippen molar-refractivity contribution in [1.29, 1.82) is 0 Å². The second-order valence-corrected chi connectivity index (χ2v) is 5.64. The average Bonchev–Trinajstić information content (AvgIpc) is 2.67. The number of nitrogens with zero attached hydrogens (tertiary/aromatic N) is 4. The maximum Gasteiger partial charge on any atom is 0.180 e. The van der Waals surface area contributed by atoms with Gasteiger partial charge in [-0.2, -0.15) is 0 Å². The van der Waals surface area contributed by atoms with Gasteiger partial charge in [-0.25, -0.2) is 9.97 Å². The van der Waals surface area contributed by atoms with Crippen LogP contribution in [-0.2, 0) is 19.5 Å². The Labute approximate surface area is 140 Å². The van der Waals surface area contributed by atoms with Crippen molar-refractivity contribution in [2.24, 2.45) is 0 Å². The number of hydrogen-bond donors (Lipinski definition) is 2. The Morgan fingerprint density at radius 3 is 2.67 bits per heavy atom. The van der Waals surface area contributed by atoms with Crippen LogP contribution in [0.1, 0.15) is 17.0 Å². The van der Waals surface area contributed by atoms with Crippen LogP contribution < -0.4 is 10.6 Å². The summed E-state index contributed by atoms with van der Waals surface area (Å²) in [6, 6.07) is 11.7. The first kappa shape index (κ1) is 14.7. The van der Waals surface area contributed by atoms with Crippen LogP contribution in [0.5, 0.6) is 0 Å². The minimum atomic E-state index is 0.638. The third-order valence-electron chi connectivity index (χ3n) is 3.99. The fourth-order valence-corrected chi connectivity index (χ4v) is 2.79.